The van der Waals surface area contributed by atoms with Crippen LogP contribution in [0.5, 0.6) is 0 Å². The van der Waals surface area contributed by atoms with E-state index >= 15 is 0 Å². The first-order valence-corrected chi connectivity index (χ1v) is 12.6. The standard InChI is InChI=1S/C21H26ClN5O5S/c1-14-18(19(28)24-21(30)23-14)33(31,32)27-7-3-4-15(13-27)20(29)26-10-8-25(9-11-26)17-6-2-5-16(22)12-17/h2,5-6,12,15H,3-4,7-11,13H2,1H3,(H2,23,24,28,30)/t15-/m0/s1. The smallest absolute Gasteiger partial charge is 0.325 e. The fourth-order valence-electron chi connectivity index (χ4n) is 4.51. The van der Waals surface area contributed by atoms with Gasteiger partial charge in [-0.3, -0.25) is 14.6 Å². The molecule has 3 heterocycles. The number of piperazine rings is 1. The van der Waals surface area contributed by atoms with Crippen molar-refractivity contribution in [3.8, 4) is 0 Å². The number of hydrogen-bond acceptors (Lipinski definition) is 6. The molecule has 4 rings (SSSR count). The molecule has 1 amide bonds. The second kappa shape index (κ2) is 9.32. The highest BCUT2D eigenvalue weighted by Gasteiger charge is 2.37. The molecule has 2 aliphatic heterocycles. The van der Waals surface area contributed by atoms with Crippen LogP contribution >= 0.6 is 11.6 Å². The van der Waals surface area contributed by atoms with E-state index in [0.29, 0.717) is 44.0 Å². The number of carbonyl (C=O) groups is 1. The Morgan fingerprint density at radius 2 is 1.82 bits per heavy atom. The molecule has 2 fully saturated rings. The number of piperidine rings is 1. The predicted molar refractivity (Wildman–Crippen MR) is 124 cm³/mol. The number of aryl methyl sites for hydroxylation is 1. The van der Waals surface area contributed by atoms with E-state index < -0.39 is 32.1 Å². The van der Waals surface area contributed by atoms with E-state index in [1.54, 1.807) is 4.90 Å². The van der Waals surface area contributed by atoms with Crippen molar-refractivity contribution in [3.63, 3.8) is 0 Å². The van der Waals surface area contributed by atoms with Gasteiger partial charge in [-0.25, -0.2) is 13.2 Å². The van der Waals surface area contributed by atoms with E-state index in [2.05, 4.69) is 9.88 Å². The van der Waals surface area contributed by atoms with E-state index in [9.17, 15) is 22.8 Å². The largest absolute Gasteiger partial charge is 0.368 e. The van der Waals surface area contributed by atoms with Gasteiger partial charge in [-0.1, -0.05) is 17.7 Å². The Labute approximate surface area is 196 Å². The highest BCUT2D eigenvalue weighted by Crippen LogP contribution is 2.26. The first-order valence-electron chi connectivity index (χ1n) is 10.8. The molecule has 10 nitrogen and oxygen atoms in total. The Balaban J connectivity index is 1.44. The summed E-state index contributed by atoms with van der Waals surface area (Å²) >= 11 is 6.08. The zero-order valence-corrected chi connectivity index (χ0v) is 19.8. The maximum Gasteiger partial charge on any atom is 0.325 e. The molecule has 1 aromatic heterocycles. The normalized spacial score (nSPS) is 20.1. The quantitative estimate of drug-likeness (QED) is 0.645. The molecule has 0 unspecified atom stereocenters. The monoisotopic (exact) mass is 495 g/mol. The third-order valence-corrected chi connectivity index (χ3v) is 8.42. The molecule has 2 aromatic rings. The molecule has 2 saturated heterocycles. The van der Waals surface area contributed by atoms with Gasteiger partial charge in [-0.15, -0.1) is 0 Å². The van der Waals surface area contributed by atoms with Gasteiger partial charge >= 0.3 is 5.69 Å². The summed E-state index contributed by atoms with van der Waals surface area (Å²) in [6.07, 6.45) is 1.10. The minimum atomic E-state index is -4.16. The number of halogens is 1. The van der Waals surface area contributed by atoms with Crippen LogP contribution in [-0.2, 0) is 14.8 Å². The van der Waals surface area contributed by atoms with Crippen molar-refractivity contribution in [2.75, 3.05) is 44.2 Å². The van der Waals surface area contributed by atoms with E-state index in [1.807, 2.05) is 29.2 Å². The zero-order chi connectivity index (χ0) is 23.8. The number of benzene rings is 1. The minimum Gasteiger partial charge on any atom is -0.368 e. The number of nitrogens with one attached hydrogen (secondary N) is 2. The number of rotatable bonds is 4. The molecule has 33 heavy (non-hydrogen) atoms. The third kappa shape index (κ3) is 4.85. The van der Waals surface area contributed by atoms with E-state index in [1.165, 1.54) is 11.2 Å². The van der Waals surface area contributed by atoms with E-state index in [-0.39, 0.29) is 24.7 Å². The summed E-state index contributed by atoms with van der Waals surface area (Å²) in [5.41, 5.74) is -0.734. The molecule has 0 bridgehead atoms. The van der Waals surface area contributed by atoms with Gasteiger partial charge in [0.15, 0.2) is 4.90 Å². The lowest BCUT2D eigenvalue weighted by molar-refractivity contribution is -0.137. The Hall–Kier alpha value is -2.63. The van der Waals surface area contributed by atoms with Crippen LogP contribution in [0.25, 0.3) is 0 Å². The first-order chi connectivity index (χ1) is 15.7. The number of amides is 1. The molecule has 12 heteroatoms. The van der Waals surface area contributed by atoms with Crippen molar-refractivity contribution in [3.05, 3.63) is 55.8 Å². The second-order valence-electron chi connectivity index (χ2n) is 8.36. The van der Waals surface area contributed by atoms with Gasteiger partial charge in [0, 0.05) is 55.7 Å². The lowest BCUT2D eigenvalue weighted by atomic mass is 9.97. The van der Waals surface area contributed by atoms with Gasteiger partial charge in [-0.2, -0.15) is 4.31 Å². The number of aromatic nitrogens is 2. The SMILES string of the molecule is Cc1[nH]c(=O)[nH]c(=O)c1S(=O)(=O)N1CCC[C@H](C(=O)N2CCN(c3cccc(Cl)c3)CC2)C1. The summed E-state index contributed by atoms with van der Waals surface area (Å²) in [6.45, 7) is 3.98. The maximum absolute atomic E-state index is 13.2. The van der Waals surface area contributed by atoms with Crippen LogP contribution in [0.1, 0.15) is 18.5 Å². The fraction of sp³-hybridized carbons (Fsp3) is 0.476. The van der Waals surface area contributed by atoms with Crippen molar-refractivity contribution in [2.24, 2.45) is 5.92 Å². The van der Waals surface area contributed by atoms with E-state index in [4.69, 9.17) is 11.6 Å². The van der Waals surface area contributed by atoms with Crippen LogP contribution in [0, 0.1) is 12.8 Å². The topological polar surface area (TPSA) is 127 Å². The highest BCUT2D eigenvalue weighted by atomic mass is 35.5. The van der Waals surface area contributed by atoms with Gasteiger partial charge in [0.2, 0.25) is 15.9 Å². The Kier molecular flexibility index (Phi) is 6.64. The molecule has 1 aromatic carbocycles. The number of hydrogen-bond donors (Lipinski definition) is 2. The number of anilines is 1. The highest BCUT2D eigenvalue weighted by molar-refractivity contribution is 7.89. The fourth-order valence-corrected chi connectivity index (χ4v) is 6.42. The summed E-state index contributed by atoms with van der Waals surface area (Å²) in [5.74, 6) is -0.555. The average Bonchev–Trinajstić information content (AvgIpc) is 2.78. The lowest BCUT2D eigenvalue weighted by Crippen LogP contribution is -2.53. The molecule has 2 N–H and O–H groups in total. The number of H-pyrrole nitrogens is 2. The zero-order valence-electron chi connectivity index (χ0n) is 18.2. The first kappa shape index (κ1) is 23.5. The van der Waals surface area contributed by atoms with Crippen molar-refractivity contribution in [1.82, 2.24) is 19.2 Å². The summed E-state index contributed by atoms with van der Waals surface area (Å²) in [5, 5.41) is 0.658. The maximum atomic E-state index is 13.2. The summed E-state index contributed by atoms with van der Waals surface area (Å²) < 4.78 is 27.5. The number of sulfonamides is 1. The molecular formula is C21H26ClN5O5S. The van der Waals surface area contributed by atoms with Crippen LogP contribution in [-0.4, -0.2) is 72.8 Å². The molecule has 0 saturated carbocycles. The Morgan fingerprint density at radius 1 is 1.09 bits per heavy atom. The van der Waals surface area contributed by atoms with Gasteiger partial charge in [-0.05, 0) is 38.0 Å². The molecule has 178 valence electrons. The van der Waals surface area contributed by atoms with Crippen molar-refractivity contribution >= 4 is 33.2 Å². The van der Waals surface area contributed by atoms with Gasteiger partial charge in [0.1, 0.15) is 0 Å². The second-order valence-corrected chi connectivity index (χ2v) is 10.7. The summed E-state index contributed by atoms with van der Waals surface area (Å²) in [7, 11) is -4.16. The van der Waals surface area contributed by atoms with Crippen LogP contribution in [0.15, 0.2) is 38.8 Å². The predicted octanol–water partition coefficient (Wildman–Crippen LogP) is 0.775. The molecule has 0 aliphatic carbocycles. The Morgan fingerprint density at radius 3 is 2.48 bits per heavy atom. The molecule has 2 aliphatic rings. The van der Waals surface area contributed by atoms with Crippen molar-refractivity contribution < 1.29 is 13.2 Å². The molecule has 0 radical (unpaired) electrons. The van der Waals surface area contributed by atoms with Crippen molar-refractivity contribution in [1.29, 1.82) is 0 Å². The number of carbonyl (C=O) groups excluding carboxylic acids is 1. The van der Waals surface area contributed by atoms with Crippen LogP contribution in [0.3, 0.4) is 0 Å². The Bertz CT molecular complexity index is 1270. The third-order valence-electron chi connectivity index (χ3n) is 6.17. The molecular weight excluding hydrogens is 470 g/mol. The van der Waals surface area contributed by atoms with Crippen LogP contribution < -0.4 is 16.1 Å². The van der Waals surface area contributed by atoms with E-state index in [0.717, 1.165) is 5.69 Å². The van der Waals surface area contributed by atoms with Crippen LogP contribution in [0.2, 0.25) is 5.02 Å². The summed E-state index contributed by atoms with van der Waals surface area (Å²) in [6, 6.07) is 7.58. The van der Waals surface area contributed by atoms with Crippen molar-refractivity contribution in [2.45, 2.75) is 24.7 Å². The minimum absolute atomic E-state index is 0.00762. The van der Waals surface area contributed by atoms with Gasteiger partial charge in [0.25, 0.3) is 5.56 Å². The molecule has 0 spiro atoms. The van der Waals surface area contributed by atoms with Crippen LogP contribution in [0.4, 0.5) is 5.69 Å². The number of nitrogens with zero attached hydrogens (tertiary/aromatic N) is 3. The van der Waals surface area contributed by atoms with Gasteiger partial charge in [0.05, 0.1) is 5.92 Å². The summed E-state index contributed by atoms with van der Waals surface area (Å²) in [4.78, 5) is 44.6. The lowest BCUT2D eigenvalue weighted by Gasteiger charge is -2.39. The number of aromatic amines is 2. The van der Waals surface area contributed by atoms with Gasteiger partial charge < -0.3 is 14.8 Å². The average molecular weight is 496 g/mol. The molecule has 1 atom stereocenters.